The maximum absolute atomic E-state index is 11.3. The zero-order chi connectivity index (χ0) is 9.14. The number of carbonyl (C=O) groups excluding carboxylic acids is 1. The molecule has 0 aromatic heterocycles. The van der Waals surface area contributed by atoms with E-state index < -0.39 is 6.10 Å². The monoisotopic (exact) mass is 170 g/mol. The molecule has 1 aliphatic rings. The first-order valence-corrected chi connectivity index (χ1v) is 4.87. The van der Waals surface area contributed by atoms with Gasteiger partial charge in [0.25, 0.3) is 0 Å². The molecule has 0 aromatic rings. The predicted molar refractivity (Wildman–Crippen MR) is 47.8 cm³/mol. The normalized spacial score (nSPS) is 28.9. The molecule has 2 nitrogen and oxygen atoms in total. The molecule has 0 saturated heterocycles. The van der Waals surface area contributed by atoms with E-state index in [0.717, 1.165) is 19.3 Å². The number of hydrogen-bond donors (Lipinski definition) is 1. The fraction of sp³-hybridized carbons (Fsp3) is 0.900. The Kier molecular flexibility index (Phi) is 3.27. The van der Waals surface area contributed by atoms with E-state index in [0.29, 0.717) is 6.42 Å². The zero-order valence-electron chi connectivity index (χ0n) is 7.92. The van der Waals surface area contributed by atoms with Crippen molar-refractivity contribution in [2.24, 2.45) is 11.8 Å². The Bertz CT molecular complexity index is 165. The van der Waals surface area contributed by atoms with Crippen LogP contribution in [0.2, 0.25) is 0 Å². The van der Waals surface area contributed by atoms with Crippen LogP contribution in [-0.4, -0.2) is 17.0 Å². The summed E-state index contributed by atoms with van der Waals surface area (Å²) in [5.41, 5.74) is 0. The SMILES string of the molecule is CC[C@H](C)[C@H](O)[C@H]1CCCC1=O. The van der Waals surface area contributed by atoms with Crippen molar-refractivity contribution in [2.45, 2.75) is 45.6 Å². The van der Waals surface area contributed by atoms with Gasteiger partial charge in [-0.3, -0.25) is 4.79 Å². The summed E-state index contributed by atoms with van der Waals surface area (Å²) in [6, 6.07) is 0. The van der Waals surface area contributed by atoms with Crippen LogP contribution >= 0.6 is 0 Å². The molecule has 12 heavy (non-hydrogen) atoms. The van der Waals surface area contributed by atoms with E-state index in [4.69, 9.17) is 0 Å². The van der Waals surface area contributed by atoms with E-state index in [1.54, 1.807) is 0 Å². The van der Waals surface area contributed by atoms with Gasteiger partial charge in [-0.25, -0.2) is 0 Å². The van der Waals surface area contributed by atoms with Crippen molar-refractivity contribution in [2.75, 3.05) is 0 Å². The summed E-state index contributed by atoms with van der Waals surface area (Å²) < 4.78 is 0. The summed E-state index contributed by atoms with van der Waals surface area (Å²) in [7, 11) is 0. The highest BCUT2D eigenvalue weighted by atomic mass is 16.3. The van der Waals surface area contributed by atoms with Gasteiger partial charge in [-0.2, -0.15) is 0 Å². The summed E-state index contributed by atoms with van der Waals surface area (Å²) in [5.74, 6) is 0.472. The second-order valence-electron chi connectivity index (χ2n) is 3.84. The van der Waals surface area contributed by atoms with Crippen LogP contribution in [0.4, 0.5) is 0 Å². The van der Waals surface area contributed by atoms with Gasteiger partial charge in [-0.1, -0.05) is 20.3 Å². The summed E-state index contributed by atoms with van der Waals surface area (Å²) in [5, 5.41) is 9.77. The van der Waals surface area contributed by atoms with E-state index >= 15 is 0 Å². The van der Waals surface area contributed by atoms with Gasteiger partial charge >= 0.3 is 0 Å². The fourth-order valence-electron chi connectivity index (χ4n) is 1.84. The Morgan fingerprint density at radius 2 is 2.33 bits per heavy atom. The van der Waals surface area contributed by atoms with Crippen LogP contribution in [0.3, 0.4) is 0 Å². The fourth-order valence-corrected chi connectivity index (χ4v) is 1.84. The molecular weight excluding hydrogens is 152 g/mol. The third-order valence-corrected chi connectivity index (χ3v) is 2.99. The topological polar surface area (TPSA) is 37.3 Å². The molecule has 1 aliphatic carbocycles. The number of aliphatic hydroxyl groups excluding tert-OH is 1. The third kappa shape index (κ3) is 1.86. The molecule has 0 aliphatic heterocycles. The molecule has 1 saturated carbocycles. The molecule has 0 heterocycles. The Balaban J connectivity index is 2.51. The minimum Gasteiger partial charge on any atom is -0.392 e. The maximum atomic E-state index is 11.3. The van der Waals surface area contributed by atoms with Crippen molar-refractivity contribution < 1.29 is 9.90 Å². The van der Waals surface area contributed by atoms with Crippen molar-refractivity contribution in [3.8, 4) is 0 Å². The van der Waals surface area contributed by atoms with Gasteiger partial charge in [0, 0.05) is 12.3 Å². The first kappa shape index (κ1) is 9.72. The number of ketones is 1. The highest BCUT2D eigenvalue weighted by molar-refractivity contribution is 5.83. The summed E-state index contributed by atoms with van der Waals surface area (Å²) in [6.45, 7) is 4.06. The van der Waals surface area contributed by atoms with Crippen LogP contribution in [0.5, 0.6) is 0 Å². The second kappa shape index (κ2) is 4.04. The standard InChI is InChI=1S/C10H18O2/c1-3-7(2)10(12)8-5-4-6-9(8)11/h7-8,10,12H,3-6H2,1-2H3/t7-,8-,10-/m0/s1. The number of carbonyl (C=O) groups is 1. The van der Waals surface area contributed by atoms with Crippen molar-refractivity contribution >= 4 is 5.78 Å². The van der Waals surface area contributed by atoms with Gasteiger partial charge < -0.3 is 5.11 Å². The summed E-state index contributed by atoms with van der Waals surface area (Å²) >= 11 is 0. The van der Waals surface area contributed by atoms with Gasteiger partial charge in [-0.05, 0) is 18.8 Å². The largest absolute Gasteiger partial charge is 0.392 e. The molecule has 0 spiro atoms. The van der Waals surface area contributed by atoms with Gasteiger partial charge in [0.1, 0.15) is 5.78 Å². The van der Waals surface area contributed by atoms with Crippen LogP contribution in [0.15, 0.2) is 0 Å². The third-order valence-electron chi connectivity index (χ3n) is 2.99. The lowest BCUT2D eigenvalue weighted by Gasteiger charge is -2.21. The van der Waals surface area contributed by atoms with Crippen LogP contribution in [0, 0.1) is 11.8 Å². The Morgan fingerprint density at radius 3 is 2.75 bits per heavy atom. The second-order valence-corrected chi connectivity index (χ2v) is 3.84. The predicted octanol–water partition coefficient (Wildman–Crippen LogP) is 1.76. The Morgan fingerprint density at radius 1 is 1.67 bits per heavy atom. The minimum absolute atomic E-state index is 0.0556. The number of hydrogen-bond acceptors (Lipinski definition) is 2. The minimum atomic E-state index is -0.398. The molecule has 3 atom stereocenters. The molecule has 0 amide bonds. The smallest absolute Gasteiger partial charge is 0.138 e. The lowest BCUT2D eigenvalue weighted by molar-refractivity contribution is -0.124. The average molecular weight is 170 g/mol. The molecule has 0 aromatic carbocycles. The molecule has 0 radical (unpaired) electrons. The van der Waals surface area contributed by atoms with Crippen molar-refractivity contribution in [1.82, 2.24) is 0 Å². The molecule has 70 valence electrons. The highest BCUT2D eigenvalue weighted by Crippen LogP contribution is 2.28. The summed E-state index contributed by atoms with van der Waals surface area (Å²) in [4.78, 5) is 11.3. The maximum Gasteiger partial charge on any atom is 0.138 e. The molecule has 0 bridgehead atoms. The molecular formula is C10H18O2. The first-order valence-electron chi connectivity index (χ1n) is 4.87. The van der Waals surface area contributed by atoms with E-state index in [9.17, 15) is 9.90 Å². The van der Waals surface area contributed by atoms with Crippen LogP contribution in [0.1, 0.15) is 39.5 Å². The van der Waals surface area contributed by atoms with Crippen molar-refractivity contribution in [1.29, 1.82) is 0 Å². The van der Waals surface area contributed by atoms with Gasteiger partial charge in [-0.15, -0.1) is 0 Å². The summed E-state index contributed by atoms with van der Waals surface area (Å²) in [6.07, 6.45) is 3.09. The van der Waals surface area contributed by atoms with Gasteiger partial charge in [0.05, 0.1) is 6.10 Å². The van der Waals surface area contributed by atoms with Gasteiger partial charge in [0.2, 0.25) is 0 Å². The quantitative estimate of drug-likeness (QED) is 0.700. The van der Waals surface area contributed by atoms with E-state index in [1.165, 1.54) is 0 Å². The van der Waals surface area contributed by atoms with E-state index in [2.05, 4.69) is 0 Å². The number of Topliss-reactive ketones (excluding diaryl/α,β-unsaturated/α-hetero) is 1. The molecule has 1 rings (SSSR count). The molecule has 0 unspecified atom stereocenters. The first-order chi connectivity index (χ1) is 5.66. The van der Waals surface area contributed by atoms with Crippen molar-refractivity contribution in [3.63, 3.8) is 0 Å². The van der Waals surface area contributed by atoms with Crippen LogP contribution < -0.4 is 0 Å². The zero-order valence-corrected chi connectivity index (χ0v) is 7.92. The Labute approximate surface area is 74.0 Å². The van der Waals surface area contributed by atoms with Crippen molar-refractivity contribution in [3.05, 3.63) is 0 Å². The number of rotatable bonds is 3. The van der Waals surface area contributed by atoms with Gasteiger partial charge in [0.15, 0.2) is 0 Å². The highest BCUT2D eigenvalue weighted by Gasteiger charge is 2.32. The Hall–Kier alpha value is -0.370. The van der Waals surface area contributed by atoms with E-state index in [1.807, 2.05) is 13.8 Å². The lowest BCUT2D eigenvalue weighted by atomic mass is 9.89. The molecule has 1 fully saturated rings. The van der Waals surface area contributed by atoms with Crippen LogP contribution in [-0.2, 0) is 4.79 Å². The average Bonchev–Trinajstić information content (AvgIpc) is 2.48. The molecule has 1 N–H and O–H groups in total. The molecule has 2 heteroatoms. The van der Waals surface area contributed by atoms with E-state index in [-0.39, 0.29) is 17.6 Å². The lowest BCUT2D eigenvalue weighted by Crippen LogP contribution is -2.29. The number of aliphatic hydroxyl groups is 1. The van der Waals surface area contributed by atoms with Crippen LogP contribution in [0.25, 0.3) is 0 Å².